The molecular weight excluding hydrogens is 501 g/mol. The van der Waals surface area contributed by atoms with Crippen molar-refractivity contribution in [1.82, 2.24) is 14.8 Å². The van der Waals surface area contributed by atoms with Gasteiger partial charge in [-0.1, -0.05) is 47.5 Å². The molecule has 1 aliphatic heterocycles. The molecule has 2 heterocycles. The van der Waals surface area contributed by atoms with Gasteiger partial charge in [-0.25, -0.2) is 4.68 Å². The number of amides is 1. The van der Waals surface area contributed by atoms with Gasteiger partial charge in [0.2, 0.25) is 5.95 Å². The molecule has 0 spiro atoms. The van der Waals surface area contributed by atoms with Crippen LogP contribution in [0.3, 0.4) is 0 Å². The molecule has 3 aromatic carbocycles. The van der Waals surface area contributed by atoms with Crippen LogP contribution in [0, 0.1) is 0 Å². The van der Waals surface area contributed by atoms with E-state index < -0.39 is 6.04 Å². The third kappa shape index (κ3) is 4.36. The highest BCUT2D eigenvalue weighted by atomic mass is 35.5. The highest BCUT2D eigenvalue weighted by molar-refractivity contribution is 6.36. The maximum absolute atomic E-state index is 13.7. The Balaban J connectivity index is 1.62. The molecule has 36 heavy (non-hydrogen) atoms. The zero-order chi connectivity index (χ0) is 25.4. The molecule has 8 nitrogen and oxygen atoms in total. The standard InChI is InChI=1S/C26H21Cl2N5O3/c1-14-22(25(35)30-20-8-3-4-9-21(20)36-2)23(15-6-5-7-17(34)12-15)33-26(29-14)31-24(32-33)18-11-10-16(27)13-19(18)28/h3-13,23,34H,1-2H3,(H,30,35)(H,29,31,32). The van der Waals surface area contributed by atoms with Crippen molar-refractivity contribution in [2.45, 2.75) is 13.0 Å². The number of hydrogen-bond donors (Lipinski definition) is 3. The Bertz CT molecular complexity index is 1520. The molecule has 1 aromatic heterocycles. The Hall–Kier alpha value is -4.01. The molecule has 1 unspecified atom stereocenters. The van der Waals surface area contributed by atoms with Crippen molar-refractivity contribution in [2.75, 3.05) is 17.7 Å². The number of para-hydroxylation sites is 2. The van der Waals surface area contributed by atoms with E-state index >= 15 is 0 Å². The lowest BCUT2D eigenvalue weighted by Gasteiger charge is -2.29. The summed E-state index contributed by atoms with van der Waals surface area (Å²) >= 11 is 12.5. The van der Waals surface area contributed by atoms with Crippen LogP contribution in [0.25, 0.3) is 11.4 Å². The van der Waals surface area contributed by atoms with Crippen molar-refractivity contribution in [3.8, 4) is 22.9 Å². The Morgan fingerprint density at radius 3 is 2.67 bits per heavy atom. The van der Waals surface area contributed by atoms with E-state index in [0.29, 0.717) is 55.7 Å². The van der Waals surface area contributed by atoms with Gasteiger partial charge in [-0.15, -0.1) is 5.10 Å². The van der Waals surface area contributed by atoms with Crippen molar-refractivity contribution >= 4 is 40.7 Å². The third-order valence-electron chi connectivity index (χ3n) is 5.81. The molecule has 3 N–H and O–H groups in total. The summed E-state index contributed by atoms with van der Waals surface area (Å²) in [5.41, 5.74) is 2.76. The zero-order valence-corrected chi connectivity index (χ0v) is 20.8. The minimum absolute atomic E-state index is 0.0656. The number of allylic oxidation sites excluding steroid dienone is 1. The lowest BCUT2D eigenvalue weighted by Crippen LogP contribution is -2.31. The second kappa shape index (κ2) is 9.56. The van der Waals surface area contributed by atoms with Crippen LogP contribution in [-0.4, -0.2) is 32.9 Å². The lowest BCUT2D eigenvalue weighted by atomic mass is 9.95. The van der Waals surface area contributed by atoms with Gasteiger partial charge in [-0.05, 0) is 55.0 Å². The summed E-state index contributed by atoms with van der Waals surface area (Å²) in [5, 5.41) is 21.9. The molecule has 10 heteroatoms. The fourth-order valence-electron chi connectivity index (χ4n) is 4.17. The number of rotatable bonds is 5. The van der Waals surface area contributed by atoms with Crippen LogP contribution in [0.1, 0.15) is 18.5 Å². The molecule has 0 radical (unpaired) electrons. The number of methoxy groups -OCH3 is 1. The van der Waals surface area contributed by atoms with E-state index in [1.807, 2.05) is 18.2 Å². The number of anilines is 2. The van der Waals surface area contributed by atoms with Crippen LogP contribution in [0.5, 0.6) is 11.5 Å². The third-order valence-corrected chi connectivity index (χ3v) is 6.36. The van der Waals surface area contributed by atoms with Crippen LogP contribution >= 0.6 is 23.2 Å². The summed E-state index contributed by atoms with van der Waals surface area (Å²) in [6.07, 6.45) is 0. The summed E-state index contributed by atoms with van der Waals surface area (Å²) in [6, 6.07) is 18.2. The summed E-state index contributed by atoms with van der Waals surface area (Å²) in [5.74, 6) is 1.03. The predicted molar refractivity (Wildman–Crippen MR) is 140 cm³/mol. The molecule has 182 valence electrons. The first-order valence-corrected chi connectivity index (χ1v) is 11.7. The van der Waals surface area contributed by atoms with Gasteiger partial charge in [-0.3, -0.25) is 4.79 Å². The SMILES string of the molecule is COc1ccccc1NC(=O)C1=C(C)Nc2nc(-c3ccc(Cl)cc3Cl)nn2C1c1cccc(O)c1. The molecule has 0 bridgehead atoms. The van der Waals surface area contributed by atoms with Gasteiger partial charge in [0.1, 0.15) is 17.5 Å². The maximum Gasteiger partial charge on any atom is 0.255 e. The van der Waals surface area contributed by atoms with E-state index in [2.05, 4.69) is 15.6 Å². The molecule has 0 saturated heterocycles. The summed E-state index contributed by atoms with van der Waals surface area (Å²) in [7, 11) is 1.54. The van der Waals surface area contributed by atoms with Crippen molar-refractivity contribution in [1.29, 1.82) is 0 Å². The van der Waals surface area contributed by atoms with Crippen LogP contribution in [0.4, 0.5) is 11.6 Å². The first-order valence-electron chi connectivity index (χ1n) is 11.0. The van der Waals surface area contributed by atoms with Gasteiger partial charge in [0.25, 0.3) is 5.91 Å². The number of carbonyl (C=O) groups excluding carboxylic acids is 1. The van der Waals surface area contributed by atoms with Crippen molar-refractivity contribution in [3.63, 3.8) is 0 Å². The van der Waals surface area contributed by atoms with Gasteiger partial charge in [0.15, 0.2) is 5.82 Å². The average molecular weight is 522 g/mol. The van der Waals surface area contributed by atoms with Crippen LogP contribution in [-0.2, 0) is 4.79 Å². The molecule has 1 aliphatic rings. The second-order valence-corrected chi connectivity index (χ2v) is 8.99. The van der Waals surface area contributed by atoms with Crippen LogP contribution in [0.15, 0.2) is 78.0 Å². The lowest BCUT2D eigenvalue weighted by molar-refractivity contribution is -0.113. The molecule has 0 aliphatic carbocycles. The number of halogens is 2. The monoisotopic (exact) mass is 521 g/mol. The number of aromatic nitrogens is 3. The Morgan fingerprint density at radius 2 is 1.92 bits per heavy atom. The number of phenolic OH excluding ortho intramolecular Hbond substituents is 1. The Kier molecular flexibility index (Phi) is 6.30. The number of fused-ring (bicyclic) bond motifs is 1. The Morgan fingerprint density at radius 1 is 1.11 bits per heavy atom. The van der Waals surface area contributed by atoms with E-state index in [0.717, 1.165) is 0 Å². The number of nitrogens with one attached hydrogen (secondary N) is 2. The number of nitrogens with zero attached hydrogens (tertiary/aromatic N) is 3. The highest BCUT2D eigenvalue weighted by Crippen LogP contribution is 2.39. The summed E-state index contributed by atoms with van der Waals surface area (Å²) in [6.45, 7) is 1.79. The number of carbonyl (C=O) groups is 1. The Labute approximate surface area is 217 Å². The normalized spacial score (nSPS) is 14.7. The predicted octanol–water partition coefficient (Wildman–Crippen LogP) is 5.89. The fourth-order valence-corrected chi connectivity index (χ4v) is 4.66. The van der Waals surface area contributed by atoms with Gasteiger partial charge >= 0.3 is 0 Å². The van der Waals surface area contributed by atoms with Crippen molar-refractivity contribution in [2.24, 2.45) is 0 Å². The van der Waals surface area contributed by atoms with Crippen LogP contribution in [0.2, 0.25) is 10.0 Å². The van der Waals surface area contributed by atoms with Gasteiger partial charge in [0, 0.05) is 16.3 Å². The van der Waals surface area contributed by atoms with Gasteiger partial charge in [-0.2, -0.15) is 4.98 Å². The van der Waals surface area contributed by atoms with Gasteiger partial charge in [0.05, 0.1) is 23.4 Å². The van der Waals surface area contributed by atoms with E-state index in [9.17, 15) is 9.90 Å². The number of ether oxygens (including phenoxy) is 1. The van der Waals surface area contributed by atoms with Crippen LogP contribution < -0.4 is 15.4 Å². The fraction of sp³-hybridized carbons (Fsp3) is 0.115. The first kappa shape index (κ1) is 23.7. The first-order chi connectivity index (χ1) is 17.4. The molecular formula is C26H21Cl2N5O3. The summed E-state index contributed by atoms with van der Waals surface area (Å²) < 4.78 is 7.00. The van der Waals surface area contributed by atoms with E-state index in [1.165, 1.54) is 0 Å². The summed E-state index contributed by atoms with van der Waals surface area (Å²) in [4.78, 5) is 18.3. The zero-order valence-electron chi connectivity index (χ0n) is 19.3. The van der Waals surface area contributed by atoms with Crippen molar-refractivity contribution in [3.05, 3.63) is 93.6 Å². The topological polar surface area (TPSA) is 101 Å². The number of aromatic hydroxyl groups is 1. The number of hydrogen-bond acceptors (Lipinski definition) is 6. The molecule has 1 amide bonds. The maximum atomic E-state index is 13.7. The molecule has 5 rings (SSSR count). The number of phenols is 1. The van der Waals surface area contributed by atoms with E-state index in [4.69, 9.17) is 33.0 Å². The van der Waals surface area contributed by atoms with E-state index in [1.54, 1.807) is 67.2 Å². The van der Waals surface area contributed by atoms with E-state index in [-0.39, 0.29) is 11.7 Å². The second-order valence-electron chi connectivity index (χ2n) is 8.14. The highest BCUT2D eigenvalue weighted by Gasteiger charge is 2.35. The minimum Gasteiger partial charge on any atom is -0.508 e. The average Bonchev–Trinajstić information content (AvgIpc) is 3.26. The van der Waals surface area contributed by atoms with Gasteiger partial charge < -0.3 is 20.5 Å². The molecule has 0 saturated carbocycles. The molecule has 4 aromatic rings. The quantitative estimate of drug-likeness (QED) is 0.302. The minimum atomic E-state index is -0.685. The number of benzene rings is 3. The molecule has 0 fully saturated rings. The largest absolute Gasteiger partial charge is 0.508 e. The molecule has 1 atom stereocenters. The smallest absolute Gasteiger partial charge is 0.255 e. The van der Waals surface area contributed by atoms with Crippen molar-refractivity contribution < 1.29 is 14.6 Å².